The average molecular weight is 302 g/mol. The molecular formula is C12H16BrNOS. The third kappa shape index (κ3) is 3.01. The SMILES string of the molecule is CSc1ccccc1C(=O)N(C)C(C)CBr. The summed E-state index contributed by atoms with van der Waals surface area (Å²) in [5.74, 6) is 0.0805. The predicted octanol–water partition coefficient (Wildman–Crippen LogP) is 3.26. The number of hydrogen-bond acceptors (Lipinski definition) is 2. The first-order valence-electron chi connectivity index (χ1n) is 5.08. The number of halogens is 1. The molecule has 0 aromatic heterocycles. The van der Waals surface area contributed by atoms with Gasteiger partial charge in [-0.15, -0.1) is 11.8 Å². The number of amides is 1. The van der Waals surface area contributed by atoms with E-state index in [9.17, 15) is 4.79 Å². The van der Waals surface area contributed by atoms with Gasteiger partial charge in [0.05, 0.1) is 5.56 Å². The number of hydrogen-bond donors (Lipinski definition) is 0. The molecule has 0 aliphatic heterocycles. The smallest absolute Gasteiger partial charge is 0.254 e. The zero-order valence-electron chi connectivity index (χ0n) is 9.74. The zero-order valence-corrected chi connectivity index (χ0v) is 12.1. The van der Waals surface area contributed by atoms with E-state index in [-0.39, 0.29) is 11.9 Å². The summed E-state index contributed by atoms with van der Waals surface area (Å²) in [4.78, 5) is 15.0. The summed E-state index contributed by atoms with van der Waals surface area (Å²) in [6, 6.07) is 7.91. The van der Waals surface area contributed by atoms with Crippen molar-refractivity contribution in [2.45, 2.75) is 17.9 Å². The van der Waals surface area contributed by atoms with Crippen molar-refractivity contribution in [2.24, 2.45) is 0 Å². The Labute approximate surface area is 110 Å². The second kappa shape index (κ2) is 6.30. The minimum atomic E-state index is 0.0805. The molecule has 0 N–H and O–H groups in total. The molecule has 1 rings (SSSR count). The topological polar surface area (TPSA) is 20.3 Å². The number of nitrogens with zero attached hydrogens (tertiary/aromatic N) is 1. The molecule has 0 saturated carbocycles. The maximum atomic E-state index is 12.2. The molecular weight excluding hydrogens is 286 g/mol. The highest BCUT2D eigenvalue weighted by Crippen LogP contribution is 2.21. The molecule has 2 nitrogen and oxygen atoms in total. The van der Waals surface area contributed by atoms with E-state index in [1.54, 1.807) is 16.7 Å². The predicted molar refractivity (Wildman–Crippen MR) is 73.6 cm³/mol. The molecule has 1 aromatic rings. The first-order chi connectivity index (χ1) is 7.61. The summed E-state index contributed by atoms with van der Waals surface area (Å²) in [6.07, 6.45) is 1.99. The van der Waals surface area contributed by atoms with E-state index in [0.717, 1.165) is 15.8 Å². The van der Waals surface area contributed by atoms with Gasteiger partial charge >= 0.3 is 0 Å². The van der Waals surface area contributed by atoms with Gasteiger partial charge in [0.2, 0.25) is 0 Å². The van der Waals surface area contributed by atoms with Crippen molar-refractivity contribution in [2.75, 3.05) is 18.6 Å². The molecule has 0 aliphatic rings. The summed E-state index contributed by atoms with van der Waals surface area (Å²) >= 11 is 4.99. The van der Waals surface area contributed by atoms with Crippen molar-refractivity contribution in [1.82, 2.24) is 4.90 Å². The van der Waals surface area contributed by atoms with Crippen LogP contribution in [0.25, 0.3) is 0 Å². The van der Waals surface area contributed by atoms with Gasteiger partial charge in [-0.3, -0.25) is 4.79 Å². The van der Waals surface area contributed by atoms with E-state index >= 15 is 0 Å². The third-order valence-electron chi connectivity index (χ3n) is 2.54. The van der Waals surface area contributed by atoms with Crippen molar-refractivity contribution >= 4 is 33.6 Å². The average Bonchev–Trinajstić information content (AvgIpc) is 2.35. The standard InChI is InChI=1S/C12H16BrNOS/c1-9(8-13)14(2)12(15)10-6-4-5-7-11(10)16-3/h4-7,9H,8H2,1-3H3. The maximum absolute atomic E-state index is 12.2. The Morgan fingerprint density at radius 1 is 1.50 bits per heavy atom. The van der Waals surface area contributed by atoms with E-state index in [0.29, 0.717) is 0 Å². The molecule has 1 aromatic carbocycles. The highest BCUT2D eigenvalue weighted by atomic mass is 79.9. The van der Waals surface area contributed by atoms with Crippen molar-refractivity contribution in [3.05, 3.63) is 29.8 Å². The Bertz CT molecular complexity index is 370. The molecule has 0 fully saturated rings. The largest absolute Gasteiger partial charge is 0.338 e. The Morgan fingerprint density at radius 2 is 2.12 bits per heavy atom. The third-order valence-corrected chi connectivity index (χ3v) is 4.28. The highest BCUT2D eigenvalue weighted by Gasteiger charge is 2.18. The molecule has 1 unspecified atom stereocenters. The van der Waals surface area contributed by atoms with Gasteiger partial charge in [0.1, 0.15) is 0 Å². The molecule has 0 bridgehead atoms. The molecule has 1 atom stereocenters. The van der Waals surface area contributed by atoms with Crippen LogP contribution >= 0.6 is 27.7 Å². The summed E-state index contributed by atoms with van der Waals surface area (Å²) in [5.41, 5.74) is 0.783. The zero-order chi connectivity index (χ0) is 12.1. The Balaban J connectivity index is 2.95. The normalized spacial score (nSPS) is 12.2. The molecule has 0 radical (unpaired) electrons. The molecule has 0 spiro atoms. The van der Waals surface area contributed by atoms with Crippen LogP contribution in [-0.2, 0) is 0 Å². The van der Waals surface area contributed by atoms with Gasteiger partial charge in [0.15, 0.2) is 0 Å². The van der Waals surface area contributed by atoms with Crippen LogP contribution in [0.15, 0.2) is 29.2 Å². The van der Waals surface area contributed by atoms with Gasteiger partial charge in [-0.1, -0.05) is 28.1 Å². The van der Waals surface area contributed by atoms with E-state index < -0.39 is 0 Å². The lowest BCUT2D eigenvalue weighted by atomic mass is 10.2. The Kier molecular flexibility index (Phi) is 5.35. The number of carbonyl (C=O) groups is 1. The van der Waals surface area contributed by atoms with Crippen LogP contribution in [0.4, 0.5) is 0 Å². The summed E-state index contributed by atoms with van der Waals surface area (Å²) in [7, 11) is 1.84. The number of rotatable bonds is 4. The monoisotopic (exact) mass is 301 g/mol. The summed E-state index contributed by atoms with van der Waals surface area (Å²) in [6.45, 7) is 2.02. The van der Waals surface area contributed by atoms with Crippen molar-refractivity contribution in [3.63, 3.8) is 0 Å². The Morgan fingerprint density at radius 3 is 2.69 bits per heavy atom. The highest BCUT2D eigenvalue weighted by molar-refractivity contribution is 9.09. The molecule has 88 valence electrons. The second-order valence-electron chi connectivity index (χ2n) is 3.62. The van der Waals surface area contributed by atoms with Gasteiger partial charge in [-0.25, -0.2) is 0 Å². The van der Waals surface area contributed by atoms with Gasteiger partial charge in [-0.2, -0.15) is 0 Å². The molecule has 4 heteroatoms. The summed E-state index contributed by atoms with van der Waals surface area (Å²) < 4.78 is 0. The number of thioether (sulfide) groups is 1. The number of alkyl halides is 1. The van der Waals surface area contributed by atoms with E-state index in [1.165, 1.54) is 0 Å². The quantitative estimate of drug-likeness (QED) is 0.628. The van der Waals surface area contributed by atoms with Gasteiger partial charge < -0.3 is 4.90 Å². The lowest BCUT2D eigenvalue weighted by molar-refractivity contribution is 0.0754. The lowest BCUT2D eigenvalue weighted by Crippen LogP contribution is -2.36. The van der Waals surface area contributed by atoms with Crippen LogP contribution in [-0.4, -0.2) is 35.5 Å². The fourth-order valence-electron chi connectivity index (χ4n) is 1.31. The van der Waals surface area contributed by atoms with Crippen LogP contribution in [0, 0.1) is 0 Å². The fourth-order valence-corrected chi connectivity index (χ4v) is 2.34. The van der Waals surface area contributed by atoms with Gasteiger partial charge in [0, 0.05) is 23.3 Å². The summed E-state index contributed by atoms with van der Waals surface area (Å²) in [5, 5.41) is 0.788. The first kappa shape index (κ1) is 13.6. The number of benzene rings is 1. The van der Waals surface area contributed by atoms with Crippen molar-refractivity contribution in [3.8, 4) is 0 Å². The van der Waals surface area contributed by atoms with Crippen LogP contribution in [0.5, 0.6) is 0 Å². The number of carbonyl (C=O) groups excluding carboxylic acids is 1. The second-order valence-corrected chi connectivity index (χ2v) is 5.12. The minimum Gasteiger partial charge on any atom is -0.338 e. The van der Waals surface area contributed by atoms with Crippen LogP contribution < -0.4 is 0 Å². The molecule has 0 heterocycles. The van der Waals surface area contributed by atoms with Gasteiger partial charge in [-0.05, 0) is 25.3 Å². The van der Waals surface area contributed by atoms with E-state index in [2.05, 4.69) is 15.9 Å². The lowest BCUT2D eigenvalue weighted by Gasteiger charge is -2.24. The molecule has 0 saturated heterocycles. The molecule has 0 aliphatic carbocycles. The van der Waals surface area contributed by atoms with E-state index in [1.807, 2.05) is 44.5 Å². The minimum absolute atomic E-state index is 0.0805. The fraction of sp³-hybridized carbons (Fsp3) is 0.417. The maximum Gasteiger partial charge on any atom is 0.254 e. The van der Waals surface area contributed by atoms with Crippen LogP contribution in [0.3, 0.4) is 0 Å². The Hall–Kier alpha value is -0.480. The van der Waals surface area contributed by atoms with Crippen LogP contribution in [0.2, 0.25) is 0 Å². The first-order valence-corrected chi connectivity index (χ1v) is 7.42. The van der Waals surface area contributed by atoms with Crippen molar-refractivity contribution < 1.29 is 4.79 Å². The van der Waals surface area contributed by atoms with Gasteiger partial charge in [0.25, 0.3) is 5.91 Å². The molecule has 16 heavy (non-hydrogen) atoms. The van der Waals surface area contributed by atoms with Crippen molar-refractivity contribution in [1.29, 1.82) is 0 Å². The van der Waals surface area contributed by atoms with E-state index in [4.69, 9.17) is 0 Å². The molecule has 1 amide bonds. The van der Waals surface area contributed by atoms with Crippen LogP contribution in [0.1, 0.15) is 17.3 Å².